The Kier molecular flexibility index (Phi) is 4.80. The third kappa shape index (κ3) is 3.40. The molecule has 106 valence electrons. The highest BCUT2D eigenvalue weighted by Crippen LogP contribution is 2.22. The van der Waals surface area contributed by atoms with Crippen molar-refractivity contribution in [2.75, 3.05) is 13.7 Å². The van der Waals surface area contributed by atoms with Gasteiger partial charge in [0.1, 0.15) is 12.4 Å². The Morgan fingerprint density at radius 2 is 1.75 bits per heavy atom. The van der Waals surface area contributed by atoms with Gasteiger partial charge >= 0.3 is 0 Å². The second-order valence-corrected chi connectivity index (χ2v) is 5.28. The van der Waals surface area contributed by atoms with Crippen molar-refractivity contribution in [3.8, 4) is 5.75 Å². The zero-order chi connectivity index (χ0) is 14.5. The fourth-order valence-electron chi connectivity index (χ4n) is 2.34. The van der Waals surface area contributed by atoms with Gasteiger partial charge in [0.05, 0.1) is 6.04 Å². The first kappa shape index (κ1) is 14.6. The van der Waals surface area contributed by atoms with Gasteiger partial charge in [-0.1, -0.05) is 36.4 Å². The van der Waals surface area contributed by atoms with Crippen LogP contribution in [0, 0.1) is 20.8 Å². The molecule has 0 aromatic heterocycles. The van der Waals surface area contributed by atoms with Crippen LogP contribution in [-0.4, -0.2) is 13.7 Å². The molecule has 0 saturated heterocycles. The Balaban J connectivity index is 2.12. The molecule has 2 nitrogen and oxygen atoms in total. The molecule has 2 aromatic rings. The number of ether oxygens (including phenoxy) is 1. The van der Waals surface area contributed by atoms with E-state index in [9.17, 15) is 0 Å². The third-order valence-corrected chi connectivity index (χ3v) is 3.66. The summed E-state index contributed by atoms with van der Waals surface area (Å²) in [6.07, 6.45) is 0. The summed E-state index contributed by atoms with van der Waals surface area (Å²) in [5.74, 6) is 0.971. The fourth-order valence-corrected chi connectivity index (χ4v) is 2.34. The summed E-state index contributed by atoms with van der Waals surface area (Å²) in [7, 11) is 1.98. The van der Waals surface area contributed by atoms with Crippen molar-refractivity contribution in [2.24, 2.45) is 0 Å². The van der Waals surface area contributed by atoms with Gasteiger partial charge in [0, 0.05) is 0 Å². The highest BCUT2D eigenvalue weighted by Gasteiger charge is 2.12. The number of aryl methyl sites for hydroxylation is 3. The average Bonchev–Trinajstić information content (AvgIpc) is 2.45. The summed E-state index contributed by atoms with van der Waals surface area (Å²) in [4.78, 5) is 0. The molecule has 0 bridgehead atoms. The molecule has 0 saturated carbocycles. The summed E-state index contributed by atoms with van der Waals surface area (Å²) in [5.41, 5.74) is 4.98. The van der Waals surface area contributed by atoms with Crippen LogP contribution in [-0.2, 0) is 0 Å². The number of hydrogen-bond acceptors (Lipinski definition) is 2. The smallest absolute Gasteiger partial charge is 0.122 e. The zero-order valence-corrected chi connectivity index (χ0v) is 12.7. The van der Waals surface area contributed by atoms with E-state index in [4.69, 9.17) is 4.74 Å². The van der Waals surface area contributed by atoms with Crippen molar-refractivity contribution in [1.29, 1.82) is 0 Å². The summed E-state index contributed by atoms with van der Waals surface area (Å²) in [6, 6.07) is 14.9. The van der Waals surface area contributed by atoms with Gasteiger partial charge in [0.15, 0.2) is 0 Å². The van der Waals surface area contributed by atoms with Crippen molar-refractivity contribution in [2.45, 2.75) is 26.8 Å². The zero-order valence-electron chi connectivity index (χ0n) is 12.7. The van der Waals surface area contributed by atoms with Gasteiger partial charge in [-0.25, -0.2) is 0 Å². The molecule has 0 aliphatic heterocycles. The molecule has 20 heavy (non-hydrogen) atoms. The normalized spacial score (nSPS) is 12.2. The maximum atomic E-state index is 6.02. The first-order valence-electron chi connectivity index (χ1n) is 7.04. The maximum Gasteiger partial charge on any atom is 0.122 e. The van der Waals surface area contributed by atoms with E-state index in [1.807, 2.05) is 7.05 Å². The first-order valence-corrected chi connectivity index (χ1v) is 7.04. The molecule has 1 atom stereocenters. The van der Waals surface area contributed by atoms with E-state index < -0.39 is 0 Å². The van der Waals surface area contributed by atoms with Gasteiger partial charge in [0.2, 0.25) is 0 Å². The van der Waals surface area contributed by atoms with E-state index in [0.29, 0.717) is 6.61 Å². The lowest BCUT2D eigenvalue weighted by Crippen LogP contribution is -2.24. The minimum Gasteiger partial charge on any atom is -0.491 e. The molecule has 2 rings (SSSR count). The molecule has 0 radical (unpaired) electrons. The predicted octanol–water partition coefficient (Wildman–Crippen LogP) is 3.95. The van der Waals surface area contributed by atoms with Crippen molar-refractivity contribution in [3.05, 3.63) is 64.7 Å². The minimum atomic E-state index is 0.205. The third-order valence-electron chi connectivity index (χ3n) is 3.66. The number of hydrogen-bond donors (Lipinski definition) is 1. The molecular weight excluding hydrogens is 246 g/mol. The fraction of sp³-hybridized carbons (Fsp3) is 0.333. The Hall–Kier alpha value is -1.80. The number of rotatable bonds is 5. The molecule has 2 heteroatoms. The Morgan fingerprint density at radius 3 is 2.45 bits per heavy atom. The van der Waals surface area contributed by atoms with E-state index >= 15 is 0 Å². The SMILES string of the molecule is CNC(COc1cc(C)ccc1C)c1ccccc1C. The summed E-state index contributed by atoms with van der Waals surface area (Å²) < 4.78 is 6.02. The topological polar surface area (TPSA) is 21.3 Å². The minimum absolute atomic E-state index is 0.205. The average molecular weight is 269 g/mol. The van der Waals surface area contributed by atoms with Gasteiger partial charge in [-0.05, 0) is 56.1 Å². The molecular formula is C18H23NO. The van der Waals surface area contributed by atoms with Crippen LogP contribution in [0.1, 0.15) is 28.3 Å². The van der Waals surface area contributed by atoms with Gasteiger partial charge < -0.3 is 10.1 Å². The lowest BCUT2D eigenvalue weighted by molar-refractivity contribution is 0.271. The summed E-state index contributed by atoms with van der Waals surface area (Å²) in [6.45, 7) is 6.93. The highest BCUT2D eigenvalue weighted by atomic mass is 16.5. The molecule has 0 heterocycles. The summed E-state index contributed by atoms with van der Waals surface area (Å²) in [5, 5.41) is 3.34. The van der Waals surface area contributed by atoms with Crippen LogP contribution in [0.4, 0.5) is 0 Å². The quantitative estimate of drug-likeness (QED) is 0.887. The van der Waals surface area contributed by atoms with E-state index in [2.05, 4.69) is 68.6 Å². The van der Waals surface area contributed by atoms with E-state index in [0.717, 1.165) is 5.75 Å². The monoisotopic (exact) mass is 269 g/mol. The van der Waals surface area contributed by atoms with Gasteiger partial charge in [-0.15, -0.1) is 0 Å². The Morgan fingerprint density at radius 1 is 1.00 bits per heavy atom. The number of likely N-dealkylation sites (N-methyl/N-ethyl adjacent to an activating group) is 1. The molecule has 0 amide bonds. The largest absolute Gasteiger partial charge is 0.491 e. The van der Waals surface area contributed by atoms with Crippen molar-refractivity contribution < 1.29 is 4.74 Å². The second kappa shape index (κ2) is 6.58. The molecule has 1 N–H and O–H groups in total. The molecule has 0 aliphatic rings. The molecule has 0 spiro atoms. The Bertz CT molecular complexity index is 577. The van der Waals surface area contributed by atoms with Crippen LogP contribution in [0.5, 0.6) is 5.75 Å². The highest BCUT2D eigenvalue weighted by molar-refractivity contribution is 5.36. The van der Waals surface area contributed by atoms with Crippen LogP contribution in [0.2, 0.25) is 0 Å². The standard InChI is InChI=1S/C18H23NO/c1-13-9-10-15(3)18(11-13)20-12-17(19-4)16-8-6-5-7-14(16)2/h5-11,17,19H,12H2,1-4H3. The lowest BCUT2D eigenvalue weighted by Gasteiger charge is -2.20. The number of nitrogens with one attached hydrogen (secondary N) is 1. The van der Waals surface area contributed by atoms with E-state index in [1.165, 1.54) is 22.3 Å². The summed E-state index contributed by atoms with van der Waals surface area (Å²) >= 11 is 0. The van der Waals surface area contributed by atoms with Crippen molar-refractivity contribution in [1.82, 2.24) is 5.32 Å². The van der Waals surface area contributed by atoms with Crippen molar-refractivity contribution >= 4 is 0 Å². The Labute approximate surface area is 121 Å². The van der Waals surface area contributed by atoms with Crippen LogP contribution < -0.4 is 10.1 Å². The second-order valence-electron chi connectivity index (χ2n) is 5.28. The maximum absolute atomic E-state index is 6.02. The van der Waals surface area contributed by atoms with Crippen LogP contribution in [0.25, 0.3) is 0 Å². The lowest BCUT2D eigenvalue weighted by atomic mass is 10.0. The molecule has 2 aromatic carbocycles. The van der Waals surface area contributed by atoms with Crippen LogP contribution >= 0.6 is 0 Å². The van der Waals surface area contributed by atoms with E-state index in [1.54, 1.807) is 0 Å². The van der Waals surface area contributed by atoms with E-state index in [-0.39, 0.29) is 6.04 Å². The predicted molar refractivity (Wildman–Crippen MR) is 84.4 cm³/mol. The van der Waals surface area contributed by atoms with Gasteiger partial charge in [0.25, 0.3) is 0 Å². The molecule has 0 fully saturated rings. The van der Waals surface area contributed by atoms with Crippen molar-refractivity contribution in [3.63, 3.8) is 0 Å². The molecule has 1 unspecified atom stereocenters. The van der Waals surface area contributed by atoms with Crippen LogP contribution in [0.3, 0.4) is 0 Å². The molecule has 0 aliphatic carbocycles. The number of benzene rings is 2. The van der Waals surface area contributed by atoms with Gasteiger partial charge in [-0.3, -0.25) is 0 Å². The van der Waals surface area contributed by atoms with Gasteiger partial charge in [-0.2, -0.15) is 0 Å². The van der Waals surface area contributed by atoms with Crippen LogP contribution in [0.15, 0.2) is 42.5 Å². The first-order chi connectivity index (χ1) is 9.61.